The molecule has 0 atom stereocenters. The summed E-state index contributed by atoms with van der Waals surface area (Å²) in [7, 11) is -1.92. The summed E-state index contributed by atoms with van der Waals surface area (Å²) in [5.41, 5.74) is 1.42. The van der Waals surface area contributed by atoms with E-state index in [-0.39, 0.29) is 13.1 Å². The van der Waals surface area contributed by atoms with Crippen LogP contribution in [-0.4, -0.2) is 51.7 Å². The number of benzene rings is 1. The first-order valence-electron chi connectivity index (χ1n) is 6.74. The van der Waals surface area contributed by atoms with Gasteiger partial charge in [-0.1, -0.05) is 17.7 Å². The van der Waals surface area contributed by atoms with Gasteiger partial charge < -0.3 is 10.1 Å². The smallest absolute Gasteiger partial charge is 0.239 e. The second-order valence-corrected chi connectivity index (χ2v) is 7.37. The minimum absolute atomic E-state index is 0.231. The normalized spacial score (nSPS) is 11.7. The number of carbonyl (C=O) groups is 1. The lowest BCUT2D eigenvalue weighted by atomic mass is 10.2. The van der Waals surface area contributed by atoms with E-state index in [1.54, 1.807) is 25.3 Å². The third kappa shape index (κ3) is 6.31. The molecule has 22 heavy (non-hydrogen) atoms. The lowest BCUT2D eigenvalue weighted by molar-refractivity contribution is -0.116. The van der Waals surface area contributed by atoms with Crippen LogP contribution < -0.4 is 5.32 Å². The number of methoxy groups -OCH3 is 1. The summed E-state index contributed by atoms with van der Waals surface area (Å²) in [5.74, 6) is -0.409. The number of rotatable bonds is 8. The average molecular weight is 349 g/mol. The van der Waals surface area contributed by atoms with Crippen LogP contribution >= 0.6 is 11.6 Å². The van der Waals surface area contributed by atoms with Gasteiger partial charge >= 0.3 is 0 Å². The van der Waals surface area contributed by atoms with Crippen LogP contribution in [0.15, 0.2) is 18.2 Å². The van der Waals surface area contributed by atoms with Crippen molar-refractivity contribution in [2.75, 3.05) is 38.4 Å². The number of halogens is 1. The van der Waals surface area contributed by atoms with Crippen LogP contribution in [0.2, 0.25) is 5.02 Å². The van der Waals surface area contributed by atoms with E-state index in [9.17, 15) is 13.2 Å². The van der Waals surface area contributed by atoms with Gasteiger partial charge in [-0.2, -0.15) is 4.31 Å². The van der Waals surface area contributed by atoms with Gasteiger partial charge in [-0.05, 0) is 31.0 Å². The van der Waals surface area contributed by atoms with Crippen LogP contribution in [0.3, 0.4) is 0 Å². The van der Waals surface area contributed by atoms with Crippen molar-refractivity contribution in [3.05, 3.63) is 28.8 Å². The first kappa shape index (κ1) is 18.9. The largest absolute Gasteiger partial charge is 0.385 e. The maximum absolute atomic E-state index is 12.1. The van der Waals surface area contributed by atoms with E-state index in [4.69, 9.17) is 16.3 Å². The van der Waals surface area contributed by atoms with Crippen molar-refractivity contribution in [3.8, 4) is 0 Å². The Bertz CT molecular complexity index is 619. The Morgan fingerprint density at radius 2 is 2.09 bits per heavy atom. The molecule has 1 aromatic carbocycles. The van der Waals surface area contributed by atoms with E-state index in [2.05, 4.69) is 5.32 Å². The monoisotopic (exact) mass is 348 g/mol. The van der Waals surface area contributed by atoms with Crippen molar-refractivity contribution in [2.45, 2.75) is 13.3 Å². The zero-order valence-electron chi connectivity index (χ0n) is 12.9. The number of hydrogen-bond donors (Lipinski definition) is 1. The third-order valence-corrected chi connectivity index (χ3v) is 4.50. The lowest BCUT2D eigenvalue weighted by Crippen LogP contribution is -2.38. The van der Waals surface area contributed by atoms with Crippen molar-refractivity contribution < 1.29 is 17.9 Å². The molecule has 0 aliphatic rings. The van der Waals surface area contributed by atoms with E-state index in [1.807, 2.05) is 6.92 Å². The van der Waals surface area contributed by atoms with E-state index >= 15 is 0 Å². The van der Waals surface area contributed by atoms with Gasteiger partial charge in [-0.25, -0.2) is 8.42 Å². The molecular formula is C14H21ClN2O4S. The summed E-state index contributed by atoms with van der Waals surface area (Å²) in [6.07, 6.45) is 1.60. The van der Waals surface area contributed by atoms with Crippen LogP contribution in [0.5, 0.6) is 0 Å². The Labute approximate surface area is 136 Å². The number of anilines is 1. The van der Waals surface area contributed by atoms with Crippen molar-refractivity contribution in [1.82, 2.24) is 4.31 Å². The summed E-state index contributed by atoms with van der Waals surface area (Å²) in [6, 6.07) is 5.13. The maximum Gasteiger partial charge on any atom is 0.239 e. The van der Waals surface area contributed by atoms with Crippen molar-refractivity contribution in [1.29, 1.82) is 0 Å². The fraction of sp³-hybridized carbons (Fsp3) is 0.500. The number of hydrogen-bond acceptors (Lipinski definition) is 4. The Hall–Kier alpha value is -1.15. The number of aryl methyl sites for hydroxylation is 1. The molecule has 0 bridgehead atoms. The molecule has 1 rings (SSSR count). The van der Waals surface area contributed by atoms with Gasteiger partial charge in [0.25, 0.3) is 0 Å². The minimum atomic E-state index is -3.46. The highest BCUT2D eigenvalue weighted by atomic mass is 35.5. The molecule has 1 amide bonds. The lowest BCUT2D eigenvalue weighted by Gasteiger charge is -2.19. The highest BCUT2D eigenvalue weighted by molar-refractivity contribution is 7.88. The molecule has 1 N–H and O–H groups in total. The molecule has 1 aromatic rings. The topological polar surface area (TPSA) is 75.7 Å². The molecule has 0 aromatic heterocycles. The van der Waals surface area contributed by atoms with Crippen LogP contribution in [0.1, 0.15) is 12.0 Å². The van der Waals surface area contributed by atoms with Gasteiger partial charge in [0.15, 0.2) is 0 Å². The molecular weight excluding hydrogens is 328 g/mol. The fourth-order valence-corrected chi connectivity index (χ4v) is 2.81. The molecule has 0 heterocycles. The predicted molar refractivity (Wildman–Crippen MR) is 87.7 cm³/mol. The second-order valence-electron chi connectivity index (χ2n) is 4.95. The Balaban J connectivity index is 2.72. The molecule has 0 aliphatic heterocycles. The van der Waals surface area contributed by atoms with Crippen molar-refractivity contribution in [2.24, 2.45) is 0 Å². The van der Waals surface area contributed by atoms with Gasteiger partial charge in [0.2, 0.25) is 15.9 Å². The molecule has 124 valence electrons. The number of nitrogens with zero attached hydrogens (tertiary/aromatic N) is 1. The number of amides is 1. The molecule has 0 saturated carbocycles. The van der Waals surface area contributed by atoms with Gasteiger partial charge in [0.1, 0.15) is 0 Å². The average Bonchev–Trinajstić information content (AvgIpc) is 2.41. The number of ether oxygens (including phenoxy) is 1. The van der Waals surface area contributed by atoms with Crippen molar-refractivity contribution in [3.63, 3.8) is 0 Å². The standard InChI is InChI=1S/C14H21ClN2O4S/c1-11-5-6-12(15)9-13(11)16-14(18)10-17(22(3,19)20)7-4-8-21-2/h5-6,9H,4,7-8,10H2,1-3H3,(H,16,18). The summed E-state index contributed by atoms with van der Waals surface area (Å²) in [4.78, 5) is 12.1. The van der Waals surface area contributed by atoms with Gasteiger partial charge in [0, 0.05) is 31.0 Å². The predicted octanol–water partition coefficient (Wildman–Crippen LogP) is 1.89. The summed E-state index contributed by atoms with van der Waals surface area (Å²) < 4.78 is 29.5. The molecule has 0 saturated heterocycles. The number of nitrogens with one attached hydrogen (secondary N) is 1. The first-order valence-corrected chi connectivity index (χ1v) is 8.96. The van der Waals surface area contributed by atoms with Crippen LogP contribution in [-0.2, 0) is 19.6 Å². The summed E-state index contributed by atoms with van der Waals surface area (Å²) in [5, 5.41) is 3.18. The molecule has 0 radical (unpaired) electrons. The minimum Gasteiger partial charge on any atom is -0.385 e. The highest BCUT2D eigenvalue weighted by Gasteiger charge is 2.20. The zero-order valence-corrected chi connectivity index (χ0v) is 14.5. The molecule has 0 unspecified atom stereocenters. The van der Waals surface area contributed by atoms with E-state index in [1.165, 1.54) is 0 Å². The molecule has 0 fully saturated rings. The van der Waals surface area contributed by atoms with Gasteiger partial charge in [0.05, 0.1) is 12.8 Å². The third-order valence-electron chi connectivity index (χ3n) is 3.02. The van der Waals surface area contributed by atoms with Crippen LogP contribution in [0, 0.1) is 6.92 Å². The Kier molecular flexibility index (Phi) is 7.28. The van der Waals surface area contributed by atoms with Crippen LogP contribution in [0.4, 0.5) is 5.69 Å². The first-order chi connectivity index (χ1) is 10.2. The fourth-order valence-electron chi connectivity index (χ4n) is 1.83. The summed E-state index contributed by atoms with van der Waals surface area (Å²) in [6.45, 7) is 2.25. The highest BCUT2D eigenvalue weighted by Crippen LogP contribution is 2.20. The molecule has 8 heteroatoms. The quantitative estimate of drug-likeness (QED) is 0.728. The van der Waals surface area contributed by atoms with E-state index in [0.29, 0.717) is 23.7 Å². The zero-order chi connectivity index (χ0) is 16.8. The molecule has 0 aliphatic carbocycles. The van der Waals surface area contributed by atoms with E-state index in [0.717, 1.165) is 16.1 Å². The molecule has 6 nitrogen and oxygen atoms in total. The SMILES string of the molecule is COCCCN(CC(=O)Nc1cc(Cl)ccc1C)S(C)(=O)=O. The second kappa shape index (κ2) is 8.47. The van der Waals surface area contributed by atoms with Crippen LogP contribution in [0.25, 0.3) is 0 Å². The van der Waals surface area contributed by atoms with Crippen molar-refractivity contribution >= 4 is 33.2 Å². The van der Waals surface area contributed by atoms with E-state index < -0.39 is 15.9 Å². The number of sulfonamides is 1. The van der Waals surface area contributed by atoms with Gasteiger partial charge in [-0.3, -0.25) is 4.79 Å². The Morgan fingerprint density at radius 1 is 1.41 bits per heavy atom. The number of carbonyl (C=O) groups excluding carboxylic acids is 1. The molecule has 0 spiro atoms. The maximum atomic E-state index is 12.1. The Morgan fingerprint density at radius 3 is 2.68 bits per heavy atom. The summed E-state index contributed by atoms with van der Waals surface area (Å²) >= 11 is 5.89. The van der Waals surface area contributed by atoms with Gasteiger partial charge in [-0.15, -0.1) is 0 Å².